The quantitative estimate of drug-likeness (QED) is 0.673. The minimum Gasteiger partial charge on any atom is -0.353 e. The zero-order valence-electron chi connectivity index (χ0n) is 16.8. The van der Waals surface area contributed by atoms with Gasteiger partial charge in [-0.2, -0.15) is 0 Å². The second-order valence-corrected chi connectivity index (χ2v) is 6.94. The molecule has 0 atom stereocenters. The van der Waals surface area contributed by atoms with Gasteiger partial charge in [0.05, 0.1) is 5.35 Å². The number of pyridine rings is 1. The van der Waals surface area contributed by atoms with Crippen LogP contribution >= 0.6 is 0 Å². The van der Waals surface area contributed by atoms with Gasteiger partial charge in [0.2, 0.25) is 0 Å². The van der Waals surface area contributed by atoms with Gasteiger partial charge in [0.25, 0.3) is 0 Å². The van der Waals surface area contributed by atoms with Crippen molar-refractivity contribution in [2.24, 2.45) is 4.99 Å². The van der Waals surface area contributed by atoms with Crippen LogP contribution in [0.5, 0.6) is 0 Å². The maximum atomic E-state index is 14.5. The van der Waals surface area contributed by atoms with Crippen molar-refractivity contribution in [2.75, 3.05) is 38.1 Å². The molecular formula is C23H23FN6. The van der Waals surface area contributed by atoms with Crippen molar-refractivity contribution in [1.82, 2.24) is 20.3 Å². The average molecular weight is 402 g/mol. The van der Waals surface area contributed by atoms with Crippen LogP contribution in [-0.4, -0.2) is 54.4 Å². The van der Waals surface area contributed by atoms with Crippen molar-refractivity contribution >= 4 is 24.7 Å². The average Bonchev–Trinajstić information content (AvgIpc) is 2.79. The Balaban J connectivity index is 1.92. The zero-order valence-corrected chi connectivity index (χ0v) is 16.8. The number of hydrogen-bond acceptors (Lipinski definition) is 6. The molecule has 3 aromatic rings. The van der Waals surface area contributed by atoms with E-state index in [2.05, 4.69) is 31.8 Å². The van der Waals surface area contributed by atoms with Crippen molar-refractivity contribution in [1.29, 1.82) is 0 Å². The third-order valence-electron chi connectivity index (χ3n) is 5.04. The molecule has 7 heteroatoms. The molecule has 1 aliphatic heterocycles. The highest BCUT2D eigenvalue weighted by molar-refractivity contribution is 5.91. The van der Waals surface area contributed by atoms with Gasteiger partial charge >= 0.3 is 0 Å². The highest BCUT2D eigenvalue weighted by atomic mass is 19.1. The Morgan fingerprint density at radius 3 is 2.67 bits per heavy atom. The molecule has 0 amide bonds. The summed E-state index contributed by atoms with van der Waals surface area (Å²) in [6.07, 6.45) is 6.91. The van der Waals surface area contributed by atoms with E-state index in [1.54, 1.807) is 43.9 Å². The zero-order chi connectivity index (χ0) is 20.9. The number of nitrogens with zero attached hydrogens (tertiary/aromatic N) is 5. The lowest BCUT2D eigenvalue weighted by atomic mass is 10.0. The fraction of sp³-hybridized carbons (Fsp3) is 0.217. The molecule has 0 bridgehead atoms. The molecule has 2 aromatic heterocycles. The first-order chi connectivity index (χ1) is 14.7. The summed E-state index contributed by atoms with van der Waals surface area (Å²) in [5.41, 5.74) is 1.83. The van der Waals surface area contributed by atoms with Crippen LogP contribution in [0.25, 0.3) is 35.2 Å². The predicted molar refractivity (Wildman–Crippen MR) is 119 cm³/mol. The Morgan fingerprint density at radius 2 is 1.90 bits per heavy atom. The first-order valence-electron chi connectivity index (χ1n) is 9.83. The fourth-order valence-electron chi connectivity index (χ4n) is 3.54. The van der Waals surface area contributed by atoms with Crippen molar-refractivity contribution in [3.05, 3.63) is 59.1 Å². The maximum absolute atomic E-state index is 14.5. The summed E-state index contributed by atoms with van der Waals surface area (Å²) in [6, 6.07) is 8.46. The second-order valence-electron chi connectivity index (χ2n) is 6.94. The first kappa shape index (κ1) is 19.8. The molecular weight excluding hydrogens is 379 g/mol. The number of rotatable bonds is 4. The molecule has 4 rings (SSSR count). The molecule has 6 nitrogen and oxygen atoms in total. The normalized spacial score (nSPS) is 15.1. The molecule has 30 heavy (non-hydrogen) atoms. The van der Waals surface area contributed by atoms with E-state index in [0.29, 0.717) is 27.9 Å². The van der Waals surface area contributed by atoms with Crippen LogP contribution in [0.4, 0.5) is 10.2 Å². The lowest BCUT2D eigenvalue weighted by Crippen LogP contribution is -2.47. The Labute approximate surface area is 174 Å². The van der Waals surface area contributed by atoms with Gasteiger partial charge in [0.15, 0.2) is 5.82 Å². The van der Waals surface area contributed by atoms with Gasteiger partial charge in [-0.25, -0.2) is 14.4 Å². The molecule has 1 N–H and O–H groups in total. The highest BCUT2D eigenvalue weighted by Crippen LogP contribution is 2.30. The lowest BCUT2D eigenvalue weighted by molar-refractivity contribution is 0.583. The number of piperazine rings is 1. The molecule has 0 saturated carbocycles. The van der Waals surface area contributed by atoms with Crippen molar-refractivity contribution in [3.63, 3.8) is 0 Å². The summed E-state index contributed by atoms with van der Waals surface area (Å²) in [5, 5.41) is 4.80. The van der Waals surface area contributed by atoms with Crippen LogP contribution in [0.2, 0.25) is 0 Å². The molecule has 1 fully saturated rings. The Bertz CT molecular complexity index is 1180. The largest absolute Gasteiger partial charge is 0.353 e. The molecule has 1 aliphatic rings. The van der Waals surface area contributed by atoms with E-state index < -0.39 is 0 Å². The minimum atomic E-state index is -0.312. The summed E-state index contributed by atoms with van der Waals surface area (Å²) in [5.74, 6) is 0.996. The Morgan fingerprint density at radius 1 is 1.10 bits per heavy atom. The molecule has 3 heterocycles. The lowest BCUT2D eigenvalue weighted by Gasteiger charge is -2.29. The summed E-state index contributed by atoms with van der Waals surface area (Å²) in [7, 11) is 1.72. The van der Waals surface area contributed by atoms with E-state index in [0.717, 1.165) is 37.2 Å². The summed E-state index contributed by atoms with van der Waals surface area (Å²) >= 11 is 0. The second kappa shape index (κ2) is 8.92. The first-order valence-corrected chi connectivity index (χ1v) is 9.83. The maximum Gasteiger partial charge on any atom is 0.162 e. The van der Waals surface area contributed by atoms with E-state index in [9.17, 15) is 4.39 Å². The van der Waals surface area contributed by atoms with E-state index >= 15 is 0 Å². The minimum absolute atomic E-state index is 0.312. The summed E-state index contributed by atoms with van der Waals surface area (Å²) in [6.45, 7) is 7.57. The van der Waals surface area contributed by atoms with E-state index in [1.807, 2.05) is 12.1 Å². The van der Waals surface area contributed by atoms with Gasteiger partial charge in [0.1, 0.15) is 11.6 Å². The van der Waals surface area contributed by atoms with Crippen LogP contribution in [-0.2, 0) is 0 Å². The highest BCUT2D eigenvalue weighted by Gasteiger charge is 2.18. The van der Waals surface area contributed by atoms with E-state index in [1.165, 1.54) is 6.07 Å². The molecule has 0 spiro atoms. The number of benzene rings is 1. The van der Waals surface area contributed by atoms with Gasteiger partial charge < -0.3 is 10.2 Å². The number of nitrogens with one attached hydrogen (secondary N) is 1. The SMILES string of the molecule is C=c1nc(-c2ccncc2-c2ccccc2F)nc(N2CCNCC2)/c1=C/C=N\C. The predicted octanol–water partition coefficient (Wildman–Crippen LogP) is 1.65. The number of halogens is 1. The summed E-state index contributed by atoms with van der Waals surface area (Å²) in [4.78, 5) is 20.0. The Hall–Kier alpha value is -3.45. The van der Waals surface area contributed by atoms with Crippen LogP contribution in [0.3, 0.4) is 0 Å². The van der Waals surface area contributed by atoms with Crippen LogP contribution in [0.1, 0.15) is 0 Å². The van der Waals surface area contributed by atoms with E-state index in [-0.39, 0.29) is 5.82 Å². The van der Waals surface area contributed by atoms with Crippen molar-refractivity contribution < 1.29 is 4.39 Å². The summed E-state index contributed by atoms with van der Waals surface area (Å²) < 4.78 is 14.5. The van der Waals surface area contributed by atoms with Crippen LogP contribution < -0.4 is 20.8 Å². The molecule has 1 aromatic carbocycles. The van der Waals surface area contributed by atoms with Gasteiger partial charge in [-0.3, -0.25) is 9.98 Å². The van der Waals surface area contributed by atoms with Crippen molar-refractivity contribution in [2.45, 2.75) is 0 Å². The number of aliphatic imine (C=N–C) groups is 1. The third kappa shape index (κ3) is 3.97. The van der Waals surface area contributed by atoms with E-state index in [4.69, 9.17) is 4.98 Å². The number of anilines is 1. The number of hydrogen-bond donors (Lipinski definition) is 1. The van der Waals surface area contributed by atoms with Gasteiger partial charge in [-0.05, 0) is 18.2 Å². The fourth-order valence-corrected chi connectivity index (χ4v) is 3.54. The van der Waals surface area contributed by atoms with Crippen LogP contribution in [0.15, 0.2) is 47.7 Å². The number of aromatic nitrogens is 3. The topological polar surface area (TPSA) is 66.3 Å². The van der Waals surface area contributed by atoms with Crippen LogP contribution in [0, 0.1) is 5.82 Å². The van der Waals surface area contributed by atoms with Gasteiger partial charge in [-0.1, -0.05) is 24.8 Å². The smallest absolute Gasteiger partial charge is 0.162 e. The standard InChI is InChI=1S/C23H23FN6/c1-16-17(7-9-25-2)23(30-13-11-26-12-14-30)29-22(28-16)19-8-10-27-15-20(19)18-5-3-4-6-21(18)24/h3-10,15,26H,1,11-14H2,2H3/b17-7+,25-9-. The van der Waals surface area contributed by atoms with Gasteiger partial charge in [0, 0.05) is 73.7 Å². The van der Waals surface area contributed by atoms with Crippen molar-refractivity contribution in [3.8, 4) is 22.5 Å². The Kier molecular flexibility index (Phi) is 5.90. The molecule has 0 radical (unpaired) electrons. The van der Waals surface area contributed by atoms with Gasteiger partial charge in [-0.15, -0.1) is 0 Å². The molecule has 1 saturated heterocycles. The third-order valence-corrected chi connectivity index (χ3v) is 5.04. The molecule has 152 valence electrons. The molecule has 0 aliphatic carbocycles. The monoisotopic (exact) mass is 402 g/mol. The molecule has 0 unspecified atom stereocenters.